The quantitative estimate of drug-likeness (QED) is 0.610. The smallest absolute Gasteiger partial charge is 0.234 e. The fraction of sp³-hybridized carbons (Fsp3) is 0.417. The molecule has 3 rings (SSSR count). The van der Waals surface area contributed by atoms with Gasteiger partial charge in [-0.1, -0.05) is 30.7 Å². The van der Waals surface area contributed by atoms with Crippen LogP contribution in [0.5, 0.6) is 0 Å². The van der Waals surface area contributed by atoms with E-state index in [-0.39, 0.29) is 29.1 Å². The van der Waals surface area contributed by atoms with Crippen LogP contribution in [0.2, 0.25) is 0 Å². The number of piperidine rings is 1. The Balaban J connectivity index is 1.32. The Morgan fingerprint density at radius 2 is 1.68 bits per heavy atom. The molecule has 2 amide bonds. The average molecular weight is 444 g/mol. The van der Waals surface area contributed by atoms with Crippen molar-refractivity contribution in [3.63, 3.8) is 0 Å². The van der Waals surface area contributed by atoms with Crippen molar-refractivity contribution in [1.29, 1.82) is 0 Å². The molecule has 0 saturated carbocycles. The summed E-state index contributed by atoms with van der Waals surface area (Å²) in [6.45, 7) is 4.91. The number of thioether (sulfide) groups is 1. The van der Waals surface area contributed by atoms with E-state index in [1.807, 2.05) is 0 Å². The van der Waals surface area contributed by atoms with E-state index in [1.165, 1.54) is 67.4 Å². The molecule has 1 aliphatic heterocycles. The molecular formula is C24H30FN3O2S. The number of amides is 2. The maximum Gasteiger partial charge on any atom is 0.234 e. The zero-order valence-corrected chi connectivity index (χ0v) is 18.7. The summed E-state index contributed by atoms with van der Waals surface area (Å²) in [5, 5.41) is 5.57. The number of hydrogen-bond donors (Lipinski definition) is 2. The van der Waals surface area contributed by atoms with Crippen LogP contribution in [0, 0.1) is 5.82 Å². The highest BCUT2D eigenvalue weighted by Crippen LogP contribution is 2.19. The van der Waals surface area contributed by atoms with Gasteiger partial charge in [-0.25, -0.2) is 4.39 Å². The van der Waals surface area contributed by atoms with Gasteiger partial charge < -0.3 is 10.6 Å². The standard InChI is InChI=1S/C24H30FN3O2S/c1-18-4-2-3-13-28(18)15-20-7-5-19(6-8-20)14-26-23(29)16-31-17-24(30)27-22-11-9-21(25)10-12-22/h5-12,18H,2-4,13-17H2,1H3,(H,26,29)(H,27,30). The number of carbonyl (C=O) groups excluding carboxylic acids is 2. The fourth-order valence-corrected chi connectivity index (χ4v) is 4.26. The molecule has 2 N–H and O–H groups in total. The van der Waals surface area contributed by atoms with E-state index >= 15 is 0 Å². The molecule has 2 aromatic rings. The second-order valence-electron chi connectivity index (χ2n) is 7.96. The Labute approximate surface area is 187 Å². The molecule has 0 aromatic heterocycles. The van der Waals surface area contributed by atoms with Gasteiger partial charge in [0.25, 0.3) is 0 Å². The summed E-state index contributed by atoms with van der Waals surface area (Å²) < 4.78 is 12.9. The first-order valence-corrected chi connectivity index (χ1v) is 11.9. The summed E-state index contributed by atoms with van der Waals surface area (Å²) in [7, 11) is 0. The van der Waals surface area contributed by atoms with Crippen LogP contribution >= 0.6 is 11.8 Å². The first-order valence-electron chi connectivity index (χ1n) is 10.7. The van der Waals surface area contributed by atoms with E-state index < -0.39 is 0 Å². The van der Waals surface area contributed by atoms with Crippen molar-refractivity contribution in [1.82, 2.24) is 10.2 Å². The number of nitrogens with one attached hydrogen (secondary N) is 2. The first kappa shape index (κ1) is 23.3. The number of carbonyl (C=O) groups is 2. The van der Waals surface area contributed by atoms with E-state index in [2.05, 4.69) is 46.7 Å². The van der Waals surface area contributed by atoms with Crippen molar-refractivity contribution >= 4 is 29.3 Å². The molecule has 2 aromatic carbocycles. The third-order valence-electron chi connectivity index (χ3n) is 5.43. The number of halogens is 1. The Morgan fingerprint density at radius 3 is 2.39 bits per heavy atom. The van der Waals surface area contributed by atoms with Crippen molar-refractivity contribution in [2.75, 3.05) is 23.4 Å². The van der Waals surface area contributed by atoms with Gasteiger partial charge in [-0.3, -0.25) is 14.5 Å². The second-order valence-corrected chi connectivity index (χ2v) is 8.94. The number of benzene rings is 2. The minimum Gasteiger partial charge on any atom is -0.351 e. The van der Waals surface area contributed by atoms with Crippen LogP contribution in [0.15, 0.2) is 48.5 Å². The molecule has 0 spiro atoms. The van der Waals surface area contributed by atoms with E-state index in [1.54, 1.807) is 0 Å². The third-order valence-corrected chi connectivity index (χ3v) is 6.37. The Bertz CT molecular complexity index is 858. The van der Waals surface area contributed by atoms with Gasteiger partial charge >= 0.3 is 0 Å². The van der Waals surface area contributed by atoms with Crippen LogP contribution in [-0.4, -0.2) is 40.8 Å². The highest BCUT2D eigenvalue weighted by Gasteiger charge is 2.17. The van der Waals surface area contributed by atoms with Crippen LogP contribution < -0.4 is 10.6 Å². The summed E-state index contributed by atoms with van der Waals surface area (Å²) in [6.07, 6.45) is 3.88. The molecule has 1 aliphatic rings. The molecule has 5 nitrogen and oxygen atoms in total. The Morgan fingerprint density at radius 1 is 1.00 bits per heavy atom. The zero-order valence-electron chi connectivity index (χ0n) is 17.9. The highest BCUT2D eigenvalue weighted by molar-refractivity contribution is 8.00. The van der Waals surface area contributed by atoms with Crippen molar-refractivity contribution in [3.05, 3.63) is 65.5 Å². The summed E-state index contributed by atoms with van der Waals surface area (Å²) in [6, 6.07) is 14.6. The molecule has 166 valence electrons. The SMILES string of the molecule is CC1CCCCN1Cc1ccc(CNC(=O)CSCC(=O)Nc2ccc(F)cc2)cc1. The fourth-order valence-electron chi connectivity index (χ4n) is 3.61. The maximum absolute atomic E-state index is 12.9. The van der Waals surface area contributed by atoms with E-state index in [0.717, 1.165) is 12.1 Å². The number of likely N-dealkylation sites (tertiary alicyclic amines) is 1. The van der Waals surface area contributed by atoms with Crippen molar-refractivity contribution in [3.8, 4) is 0 Å². The Hall–Kier alpha value is -2.38. The molecule has 1 heterocycles. The number of nitrogens with zero attached hydrogens (tertiary/aromatic N) is 1. The maximum atomic E-state index is 12.9. The van der Waals surface area contributed by atoms with Gasteiger partial charge in [-0.2, -0.15) is 0 Å². The predicted molar refractivity (Wildman–Crippen MR) is 124 cm³/mol. The lowest BCUT2D eigenvalue weighted by atomic mass is 10.0. The Kier molecular flexibility index (Phi) is 8.91. The molecule has 31 heavy (non-hydrogen) atoms. The molecule has 0 bridgehead atoms. The van der Waals surface area contributed by atoms with Crippen LogP contribution in [0.4, 0.5) is 10.1 Å². The van der Waals surface area contributed by atoms with E-state index in [0.29, 0.717) is 18.3 Å². The van der Waals surface area contributed by atoms with Gasteiger partial charge in [0.05, 0.1) is 11.5 Å². The first-order chi connectivity index (χ1) is 15.0. The van der Waals surface area contributed by atoms with Gasteiger partial charge in [0, 0.05) is 24.8 Å². The summed E-state index contributed by atoms with van der Waals surface area (Å²) in [5.41, 5.74) is 2.89. The second kappa shape index (κ2) is 11.9. The lowest BCUT2D eigenvalue weighted by molar-refractivity contribution is -0.118. The molecule has 1 unspecified atom stereocenters. The summed E-state index contributed by atoms with van der Waals surface area (Å²) >= 11 is 1.25. The minimum atomic E-state index is -0.352. The van der Waals surface area contributed by atoms with Crippen LogP contribution in [0.3, 0.4) is 0 Å². The zero-order chi connectivity index (χ0) is 22.1. The van der Waals surface area contributed by atoms with Crippen LogP contribution in [0.1, 0.15) is 37.3 Å². The van der Waals surface area contributed by atoms with E-state index in [4.69, 9.17) is 0 Å². The molecular weight excluding hydrogens is 413 g/mol. The number of anilines is 1. The summed E-state index contributed by atoms with van der Waals surface area (Å²) in [5.74, 6) is -0.306. The molecule has 1 atom stereocenters. The van der Waals surface area contributed by atoms with Crippen molar-refractivity contribution < 1.29 is 14.0 Å². The lowest BCUT2D eigenvalue weighted by Gasteiger charge is -2.33. The molecule has 7 heteroatoms. The number of rotatable bonds is 9. The summed E-state index contributed by atoms with van der Waals surface area (Å²) in [4.78, 5) is 26.5. The van der Waals surface area contributed by atoms with Gasteiger partial charge in [-0.05, 0) is 61.7 Å². The minimum absolute atomic E-state index is 0.106. The lowest BCUT2D eigenvalue weighted by Crippen LogP contribution is -2.36. The molecule has 0 radical (unpaired) electrons. The number of hydrogen-bond acceptors (Lipinski definition) is 4. The van der Waals surface area contributed by atoms with E-state index in [9.17, 15) is 14.0 Å². The van der Waals surface area contributed by atoms with Gasteiger partial charge in [0.15, 0.2) is 0 Å². The highest BCUT2D eigenvalue weighted by atomic mass is 32.2. The van der Waals surface area contributed by atoms with Gasteiger partial charge in [-0.15, -0.1) is 11.8 Å². The van der Waals surface area contributed by atoms with Gasteiger partial charge in [0.1, 0.15) is 5.82 Å². The largest absolute Gasteiger partial charge is 0.351 e. The van der Waals surface area contributed by atoms with Gasteiger partial charge in [0.2, 0.25) is 11.8 Å². The van der Waals surface area contributed by atoms with Crippen molar-refractivity contribution in [2.45, 2.75) is 45.3 Å². The normalized spacial score (nSPS) is 16.6. The predicted octanol–water partition coefficient (Wildman–Crippen LogP) is 4.19. The molecule has 1 fully saturated rings. The third kappa shape index (κ3) is 7.99. The van der Waals surface area contributed by atoms with Crippen LogP contribution in [0.25, 0.3) is 0 Å². The molecule has 0 aliphatic carbocycles. The average Bonchev–Trinajstić information content (AvgIpc) is 2.76. The molecule has 1 saturated heterocycles. The monoisotopic (exact) mass is 443 g/mol. The van der Waals surface area contributed by atoms with Crippen molar-refractivity contribution in [2.24, 2.45) is 0 Å². The van der Waals surface area contributed by atoms with Crippen LogP contribution in [-0.2, 0) is 22.7 Å². The topological polar surface area (TPSA) is 61.4 Å².